The van der Waals surface area contributed by atoms with E-state index in [4.69, 9.17) is 4.74 Å². The molecule has 1 amide bonds. The van der Waals surface area contributed by atoms with E-state index in [1.165, 1.54) is 37.4 Å². The maximum Gasteiger partial charge on any atom is 0.264 e. The molecule has 2 aromatic rings. The number of carbonyl (C=O) groups excluding carboxylic acids is 1. The van der Waals surface area contributed by atoms with Gasteiger partial charge in [-0.05, 0) is 37.3 Å². The number of benzene rings is 1. The van der Waals surface area contributed by atoms with Gasteiger partial charge in [0.15, 0.2) is 6.23 Å². The fourth-order valence-corrected chi connectivity index (χ4v) is 4.16. The van der Waals surface area contributed by atoms with Crippen molar-refractivity contribution in [2.75, 3.05) is 16.6 Å². The van der Waals surface area contributed by atoms with Gasteiger partial charge >= 0.3 is 0 Å². The topological polar surface area (TPSA) is 183 Å². The number of sulfonamides is 1. The normalized spacial score (nSPS) is 25.7. The summed E-state index contributed by atoms with van der Waals surface area (Å²) in [4.78, 5) is 19.4. The third-order valence-corrected chi connectivity index (χ3v) is 6.13. The minimum absolute atomic E-state index is 0.0418. The van der Waals surface area contributed by atoms with Gasteiger partial charge in [0.2, 0.25) is 11.9 Å². The minimum atomic E-state index is -3.93. The van der Waals surface area contributed by atoms with Crippen molar-refractivity contribution >= 4 is 27.6 Å². The molecule has 0 aliphatic carbocycles. The Morgan fingerprint density at radius 1 is 1.16 bits per heavy atom. The first-order valence-electron chi connectivity index (χ1n) is 9.69. The number of ether oxygens (including phenoxy) is 1. The SMILES string of the molecule is CC(=O)N[C@@H]1[C@H](O)[C@H](O)[C@H](CO)O[C@H]1Nc1ccc(S(=O)(=O)Nc2nccc(C)n2)cc1. The number of amides is 1. The predicted octanol–water partition coefficient (Wildman–Crippen LogP) is -1.06. The molecule has 1 fully saturated rings. The Hall–Kier alpha value is -2.84. The Morgan fingerprint density at radius 2 is 1.84 bits per heavy atom. The summed E-state index contributed by atoms with van der Waals surface area (Å²) in [6.45, 7) is 2.41. The van der Waals surface area contributed by atoms with Gasteiger partial charge in [-0.25, -0.2) is 23.1 Å². The molecule has 3 rings (SSSR count). The van der Waals surface area contributed by atoms with Crippen LogP contribution in [0.15, 0.2) is 41.4 Å². The predicted molar refractivity (Wildman–Crippen MR) is 113 cm³/mol. The van der Waals surface area contributed by atoms with Gasteiger partial charge < -0.3 is 30.7 Å². The lowest BCUT2D eigenvalue weighted by molar-refractivity contribution is -0.188. The molecule has 1 aromatic carbocycles. The number of aryl methyl sites for hydroxylation is 1. The molecular weight excluding hydrogens is 442 g/mol. The zero-order chi connectivity index (χ0) is 23.5. The molecular formula is C19H25N5O7S. The van der Waals surface area contributed by atoms with E-state index in [9.17, 15) is 28.5 Å². The van der Waals surface area contributed by atoms with E-state index >= 15 is 0 Å². The lowest BCUT2D eigenvalue weighted by atomic mass is 9.96. The van der Waals surface area contributed by atoms with E-state index in [2.05, 4.69) is 25.3 Å². The number of aromatic nitrogens is 2. The van der Waals surface area contributed by atoms with Gasteiger partial charge in [0.1, 0.15) is 24.4 Å². The molecule has 32 heavy (non-hydrogen) atoms. The van der Waals surface area contributed by atoms with Crippen LogP contribution in [0.25, 0.3) is 0 Å². The van der Waals surface area contributed by atoms with Crippen LogP contribution in [0.5, 0.6) is 0 Å². The van der Waals surface area contributed by atoms with Crippen LogP contribution in [0.4, 0.5) is 11.6 Å². The molecule has 12 nitrogen and oxygen atoms in total. The summed E-state index contributed by atoms with van der Waals surface area (Å²) >= 11 is 0. The largest absolute Gasteiger partial charge is 0.394 e. The number of nitrogens with one attached hydrogen (secondary N) is 3. The molecule has 2 heterocycles. The summed E-state index contributed by atoms with van der Waals surface area (Å²) in [6, 6.07) is 6.22. The lowest BCUT2D eigenvalue weighted by Crippen LogP contribution is -2.65. The quantitative estimate of drug-likeness (QED) is 0.293. The van der Waals surface area contributed by atoms with Crippen LogP contribution in [-0.4, -0.2) is 76.8 Å². The molecule has 0 spiro atoms. The number of hydrogen-bond acceptors (Lipinski definition) is 10. The molecule has 0 unspecified atom stereocenters. The van der Waals surface area contributed by atoms with Crippen LogP contribution in [0.3, 0.4) is 0 Å². The molecule has 1 aromatic heterocycles. The number of aliphatic hydroxyl groups excluding tert-OH is 3. The van der Waals surface area contributed by atoms with Crippen molar-refractivity contribution in [2.45, 2.75) is 49.3 Å². The number of carbonyl (C=O) groups is 1. The summed E-state index contributed by atoms with van der Waals surface area (Å²) in [6.07, 6.45) is -3.45. The highest BCUT2D eigenvalue weighted by Crippen LogP contribution is 2.24. The second-order valence-corrected chi connectivity index (χ2v) is 8.96. The second kappa shape index (κ2) is 9.75. The molecule has 0 radical (unpaired) electrons. The number of hydrogen-bond donors (Lipinski definition) is 6. The number of anilines is 2. The Morgan fingerprint density at radius 3 is 2.44 bits per heavy atom. The average Bonchev–Trinajstić information content (AvgIpc) is 2.73. The van der Waals surface area contributed by atoms with Gasteiger partial charge in [0.05, 0.1) is 11.5 Å². The molecule has 5 atom stereocenters. The molecule has 1 aliphatic rings. The molecule has 1 aliphatic heterocycles. The van der Waals surface area contributed by atoms with Crippen molar-refractivity contribution in [3.8, 4) is 0 Å². The third kappa shape index (κ3) is 5.49. The van der Waals surface area contributed by atoms with Crippen LogP contribution in [0.1, 0.15) is 12.6 Å². The fourth-order valence-electron chi connectivity index (χ4n) is 3.21. The van der Waals surface area contributed by atoms with E-state index in [1.54, 1.807) is 13.0 Å². The van der Waals surface area contributed by atoms with Gasteiger partial charge in [0, 0.05) is 24.5 Å². The lowest BCUT2D eigenvalue weighted by Gasteiger charge is -2.43. The first-order chi connectivity index (χ1) is 15.1. The number of rotatable bonds is 7. The van der Waals surface area contributed by atoms with E-state index in [-0.39, 0.29) is 10.8 Å². The van der Waals surface area contributed by atoms with E-state index < -0.39 is 53.1 Å². The van der Waals surface area contributed by atoms with Gasteiger partial charge in [-0.3, -0.25) is 4.79 Å². The zero-order valence-corrected chi connectivity index (χ0v) is 18.2. The fraction of sp³-hybridized carbons (Fsp3) is 0.421. The van der Waals surface area contributed by atoms with Gasteiger partial charge in [-0.15, -0.1) is 0 Å². The monoisotopic (exact) mass is 467 g/mol. The van der Waals surface area contributed by atoms with E-state index in [0.717, 1.165) is 0 Å². The van der Waals surface area contributed by atoms with Crippen LogP contribution in [0, 0.1) is 6.92 Å². The van der Waals surface area contributed by atoms with Crippen LogP contribution in [-0.2, 0) is 19.6 Å². The summed E-state index contributed by atoms with van der Waals surface area (Å²) in [5, 5.41) is 35.3. The molecule has 0 saturated carbocycles. The molecule has 1 saturated heterocycles. The Balaban J connectivity index is 1.76. The summed E-state index contributed by atoms with van der Waals surface area (Å²) in [5.74, 6) is -0.506. The van der Waals surface area contributed by atoms with Gasteiger partial charge in [-0.2, -0.15) is 0 Å². The van der Waals surface area contributed by atoms with E-state index in [1.807, 2.05) is 0 Å². The van der Waals surface area contributed by atoms with Gasteiger partial charge in [-0.1, -0.05) is 0 Å². The maximum absolute atomic E-state index is 12.6. The number of aliphatic hydroxyl groups is 3. The summed E-state index contributed by atoms with van der Waals surface area (Å²) in [5.41, 5.74) is 1.02. The van der Waals surface area contributed by atoms with Crippen LogP contribution in [0.2, 0.25) is 0 Å². The zero-order valence-electron chi connectivity index (χ0n) is 17.3. The first kappa shape index (κ1) is 23.8. The highest BCUT2D eigenvalue weighted by molar-refractivity contribution is 7.92. The first-order valence-corrected chi connectivity index (χ1v) is 11.2. The smallest absolute Gasteiger partial charge is 0.264 e. The van der Waals surface area contributed by atoms with Crippen molar-refractivity contribution in [3.63, 3.8) is 0 Å². The van der Waals surface area contributed by atoms with Crippen molar-refractivity contribution in [1.82, 2.24) is 15.3 Å². The number of nitrogens with zero attached hydrogens (tertiary/aromatic N) is 2. The second-order valence-electron chi connectivity index (χ2n) is 7.28. The van der Waals surface area contributed by atoms with Crippen molar-refractivity contribution < 1.29 is 33.3 Å². The average molecular weight is 468 g/mol. The molecule has 0 bridgehead atoms. The Bertz CT molecular complexity index is 1050. The summed E-state index contributed by atoms with van der Waals surface area (Å²) in [7, 11) is -3.93. The standard InChI is InChI=1S/C19H25N5O7S/c1-10-7-8-20-19(21-10)24-32(29,30)13-5-3-12(4-6-13)23-18-15(22-11(2)26)17(28)16(27)14(9-25)31-18/h3-8,14-18,23,25,27-28H,9H2,1-2H3,(H,22,26)(H,20,21,24)/t14-,15+,16+,17-,18+/m0/s1. The van der Waals surface area contributed by atoms with Crippen molar-refractivity contribution in [1.29, 1.82) is 0 Å². The van der Waals surface area contributed by atoms with Crippen molar-refractivity contribution in [3.05, 3.63) is 42.2 Å². The highest BCUT2D eigenvalue weighted by Gasteiger charge is 2.44. The third-order valence-electron chi connectivity index (χ3n) is 4.79. The van der Waals surface area contributed by atoms with Gasteiger partial charge in [0.25, 0.3) is 10.0 Å². The maximum atomic E-state index is 12.6. The molecule has 174 valence electrons. The van der Waals surface area contributed by atoms with Crippen LogP contribution < -0.4 is 15.4 Å². The molecule has 6 N–H and O–H groups in total. The van der Waals surface area contributed by atoms with E-state index in [0.29, 0.717) is 11.4 Å². The molecule has 13 heteroatoms. The summed E-state index contributed by atoms with van der Waals surface area (Å²) < 4.78 is 33.0. The minimum Gasteiger partial charge on any atom is -0.394 e. The Kier molecular flexibility index (Phi) is 7.26. The Labute approximate surface area is 184 Å². The highest BCUT2D eigenvalue weighted by atomic mass is 32.2. The van der Waals surface area contributed by atoms with Crippen molar-refractivity contribution in [2.24, 2.45) is 0 Å². The van der Waals surface area contributed by atoms with Crippen LogP contribution >= 0.6 is 0 Å².